The summed E-state index contributed by atoms with van der Waals surface area (Å²) in [7, 11) is 0. The molecule has 0 spiro atoms. The van der Waals surface area contributed by atoms with Crippen LogP contribution in [-0.4, -0.2) is 11.9 Å². The Labute approximate surface area is 184 Å². The zero-order valence-corrected chi connectivity index (χ0v) is 18.0. The van der Waals surface area contributed by atoms with Crippen LogP contribution in [0.3, 0.4) is 0 Å². The molecule has 31 heavy (non-hydrogen) atoms. The minimum atomic E-state index is -0.482. The van der Waals surface area contributed by atoms with Gasteiger partial charge in [-0.25, -0.2) is 9.59 Å². The minimum absolute atomic E-state index is 0.468. The fourth-order valence-corrected chi connectivity index (χ4v) is 4.89. The van der Waals surface area contributed by atoms with Gasteiger partial charge in [0.2, 0.25) is 0 Å². The van der Waals surface area contributed by atoms with Crippen molar-refractivity contribution in [3.63, 3.8) is 0 Å². The van der Waals surface area contributed by atoms with Crippen LogP contribution in [0.1, 0.15) is 11.1 Å². The second-order valence-corrected chi connectivity index (χ2v) is 8.08. The number of hydrogen-bond acceptors (Lipinski definition) is 5. The van der Waals surface area contributed by atoms with Crippen LogP contribution in [-0.2, 0) is 9.59 Å². The Morgan fingerprint density at radius 1 is 0.774 bits per heavy atom. The Morgan fingerprint density at radius 3 is 2.00 bits per heavy atom. The molecule has 0 aliphatic heterocycles. The largest absolute Gasteiger partial charge is 0.423 e. The lowest BCUT2D eigenvalue weighted by molar-refractivity contribution is -0.129. The summed E-state index contributed by atoms with van der Waals surface area (Å²) < 4.78 is 12.8. The summed E-state index contributed by atoms with van der Waals surface area (Å²) in [6.07, 6.45) is 2.30. The quantitative estimate of drug-likeness (QED) is 0.206. The van der Waals surface area contributed by atoms with Crippen molar-refractivity contribution in [1.29, 1.82) is 0 Å². The topological polar surface area (TPSA) is 52.6 Å². The third-order valence-electron chi connectivity index (χ3n) is 5.18. The number of rotatable bonds is 5. The van der Waals surface area contributed by atoms with Gasteiger partial charge in [-0.15, -0.1) is 11.3 Å². The first-order valence-corrected chi connectivity index (χ1v) is 10.5. The fourth-order valence-electron chi connectivity index (χ4n) is 3.59. The van der Waals surface area contributed by atoms with E-state index < -0.39 is 11.9 Å². The van der Waals surface area contributed by atoms with Crippen molar-refractivity contribution >= 4 is 43.4 Å². The van der Waals surface area contributed by atoms with Crippen molar-refractivity contribution in [3.05, 3.63) is 85.0 Å². The molecule has 4 aromatic rings. The van der Waals surface area contributed by atoms with Crippen LogP contribution >= 0.6 is 11.3 Å². The molecule has 0 bridgehead atoms. The number of ether oxygens (including phenoxy) is 2. The first kappa shape index (κ1) is 20.6. The molecule has 4 nitrogen and oxygen atoms in total. The number of benzene rings is 3. The van der Waals surface area contributed by atoms with Crippen molar-refractivity contribution in [2.75, 3.05) is 0 Å². The zero-order valence-electron chi connectivity index (χ0n) is 17.2. The molecule has 0 amide bonds. The highest BCUT2D eigenvalue weighted by atomic mass is 32.1. The van der Waals surface area contributed by atoms with E-state index in [4.69, 9.17) is 9.47 Å². The number of aryl methyl sites for hydroxylation is 2. The molecule has 3 aromatic carbocycles. The highest BCUT2D eigenvalue weighted by Crippen LogP contribution is 2.42. The highest BCUT2D eigenvalue weighted by Gasteiger charge is 2.15. The normalized spacial score (nSPS) is 10.8. The first-order valence-electron chi connectivity index (χ1n) is 9.67. The molecular formula is C26H20O4S. The highest BCUT2D eigenvalue weighted by molar-refractivity contribution is 7.26. The van der Waals surface area contributed by atoms with Crippen molar-refractivity contribution in [2.45, 2.75) is 13.8 Å². The molecular weight excluding hydrogens is 408 g/mol. The predicted octanol–water partition coefficient (Wildman–Crippen LogP) is 6.52. The van der Waals surface area contributed by atoms with Gasteiger partial charge >= 0.3 is 11.9 Å². The van der Waals surface area contributed by atoms with E-state index in [0.717, 1.165) is 38.9 Å². The second-order valence-electron chi connectivity index (χ2n) is 7.06. The Bertz CT molecular complexity index is 1360. The fraction of sp³-hybridized carbons (Fsp3) is 0.0769. The molecule has 0 unspecified atom stereocenters. The van der Waals surface area contributed by atoms with Crippen LogP contribution in [0, 0.1) is 13.8 Å². The van der Waals surface area contributed by atoms with Crippen LogP contribution in [0.4, 0.5) is 0 Å². The molecule has 1 aromatic heterocycles. The number of carbonyl (C=O) groups excluding carboxylic acids is 2. The smallest absolute Gasteiger partial charge is 0.335 e. The van der Waals surface area contributed by atoms with E-state index in [1.54, 1.807) is 23.5 Å². The molecule has 0 fully saturated rings. The van der Waals surface area contributed by atoms with Crippen LogP contribution in [0.25, 0.3) is 31.3 Å². The number of carbonyl (C=O) groups is 2. The maximum absolute atomic E-state index is 11.6. The average molecular weight is 429 g/mol. The number of thiophene rings is 1. The Balaban J connectivity index is 1.78. The molecule has 0 N–H and O–H groups in total. The first-order chi connectivity index (χ1) is 14.9. The predicted molar refractivity (Wildman–Crippen MR) is 126 cm³/mol. The lowest BCUT2D eigenvalue weighted by Crippen LogP contribution is -2.04. The summed E-state index contributed by atoms with van der Waals surface area (Å²) in [5.41, 5.74) is 4.24. The van der Waals surface area contributed by atoms with Crippen LogP contribution in [0.2, 0.25) is 0 Å². The average Bonchev–Trinajstić information content (AvgIpc) is 3.17. The van der Waals surface area contributed by atoms with Gasteiger partial charge in [0.15, 0.2) is 0 Å². The van der Waals surface area contributed by atoms with Crippen LogP contribution in [0.15, 0.2) is 73.8 Å². The molecule has 0 aliphatic carbocycles. The van der Waals surface area contributed by atoms with Gasteiger partial charge in [-0.3, -0.25) is 0 Å². The van der Waals surface area contributed by atoms with Crippen LogP contribution in [0.5, 0.6) is 11.5 Å². The van der Waals surface area contributed by atoms with E-state index in [2.05, 4.69) is 32.2 Å². The van der Waals surface area contributed by atoms with Gasteiger partial charge in [0.1, 0.15) is 11.5 Å². The lowest BCUT2D eigenvalue weighted by Gasteiger charge is -2.08. The van der Waals surface area contributed by atoms with Gasteiger partial charge in [0, 0.05) is 37.9 Å². The Hall–Kier alpha value is -3.70. The molecule has 0 saturated heterocycles. The summed E-state index contributed by atoms with van der Waals surface area (Å²) in [5.74, 6) is 0.0753. The molecule has 0 saturated carbocycles. The van der Waals surface area contributed by atoms with E-state index in [1.165, 1.54) is 15.6 Å². The Kier molecular flexibility index (Phi) is 5.44. The second kappa shape index (κ2) is 8.20. The number of hydrogen-bond donors (Lipinski definition) is 0. The van der Waals surface area contributed by atoms with E-state index >= 15 is 0 Å². The van der Waals surface area contributed by atoms with Crippen molar-refractivity contribution in [2.24, 2.45) is 0 Å². The summed E-state index contributed by atoms with van der Waals surface area (Å²) in [6, 6.07) is 15.5. The molecule has 154 valence electrons. The van der Waals surface area contributed by atoms with Gasteiger partial charge < -0.3 is 9.47 Å². The summed E-state index contributed by atoms with van der Waals surface area (Å²) in [6.45, 7) is 10.9. The molecule has 0 atom stereocenters. The third kappa shape index (κ3) is 3.76. The number of fused-ring (bicyclic) bond motifs is 3. The van der Waals surface area contributed by atoms with E-state index in [9.17, 15) is 9.59 Å². The van der Waals surface area contributed by atoms with E-state index in [1.807, 2.05) is 31.2 Å². The Morgan fingerprint density at radius 2 is 1.35 bits per heavy atom. The zero-order chi connectivity index (χ0) is 22.1. The molecule has 5 heteroatoms. The minimum Gasteiger partial charge on any atom is -0.423 e. The van der Waals surface area contributed by atoms with Crippen molar-refractivity contribution < 1.29 is 19.1 Å². The van der Waals surface area contributed by atoms with Gasteiger partial charge in [-0.1, -0.05) is 37.4 Å². The number of esters is 2. The lowest BCUT2D eigenvalue weighted by atomic mass is 9.98. The van der Waals surface area contributed by atoms with Gasteiger partial charge in [-0.05, 0) is 54.8 Å². The van der Waals surface area contributed by atoms with Crippen LogP contribution < -0.4 is 9.47 Å². The summed E-state index contributed by atoms with van der Waals surface area (Å²) >= 11 is 1.69. The maximum Gasteiger partial charge on any atom is 0.335 e. The van der Waals surface area contributed by atoms with Gasteiger partial charge in [0.05, 0.1) is 0 Å². The van der Waals surface area contributed by atoms with Crippen molar-refractivity contribution in [1.82, 2.24) is 0 Å². The standard InChI is InChI=1S/C26H20O4S/c1-5-23(27)29-18-9-7-17(8-10-18)19-11-12-20-21-13-14-22(30-24(28)6-2)16(4)26(21)31-25(20)15(19)3/h5-14H,1-2H2,3-4H3. The summed E-state index contributed by atoms with van der Waals surface area (Å²) in [4.78, 5) is 23.0. The van der Waals surface area contributed by atoms with E-state index in [0.29, 0.717) is 11.5 Å². The molecule has 0 radical (unpaired) electrons. The monoisotopic (exact) mass is 428 g/mol. The van der Waals surface area contributed by atoms with Crippen molar-refractivity contribution in [3.8, 4) is 22.6 Å². The van der Waals surface area contributed by atoms with Gasteiger partial charge in [0.25, 0.3) is 0 Å². The van der Waals surface area contributed by atoms with E-state index in [-0.39, 0.29) is 0 Å². The third-order valence-corrected chi connectivity index (χ3v) is 6.64. The SMILES string of the molecule is C=CC(=O)Oc1ccc(-c2ccc3c(sc4c(C)c(OC(=O)C=C)ccc43)c2C)cc1. The maximum atomic E-state index is 11.6. The molecule has 4 rings (SSSR count). The van der Waals surface area contributed by atoms with Gasteiger partial charge in [-0.2, -0.15) is 0 Å². The summed E-state index contributed by atoms with van der Waals surface area (Å²) in [5, 5.41) is 2.31. The molecule has 1 heterocycles. The molecule has 0 aliphatic rings.